The summed E-state index contributed by atoms with van der Waals surface area (Å²) >= 11 is 6.19. The number of amides is 1. The minimum atomic E-state index is -0.333. The quantitative estimate of drug-likeness (QED) is 0.678. The summed E-state index contributed by atoms with van der Waals surface area (Å²) in [6, 6.07) is 12.0. The van der Waals surface area contributed by atoms with Gasteiger partial charge in [0.15, 0.2) is 5.76 Å². The second kappa shape index (κ2) is 7.72. The number of fused-ring (bicyclic) bond motifs is 3. The van der Waals surface area contributed by atoms with E-state index in [-0.39, 0.29) is 11.7 Å². The Labute approximate surface area is 160 Å². The number of rotatable bonds is 1. The number of aliphatic imine (C=N–C) groups is 1. The zero-order valence-corrected chi connectivity index (χ0v) is 15.5. The van der Waals surface area contributed by atoms with Gasteiger partial charge in [0, 0.05) is 23.1 Å². The first-order valence-corrected chi connectivity index (χ1v) is 8.56. The van der Waals surface area contributed by atoms with Crippen molar-refractivity contribution >= 4 is 23.2 Å². The first-order chi connectivity index (χ1) is 12.9. The van der Waals surface area contributed by atoms with Gasteiger partial charge in [-0.3, -0.25) is 9.79 Å². The molecule has 0 atom stereocenters. The topological polar surface area (TPSA) is 81.5 Å². The van der Waals surface area contributed by atoms with E-state index in [1.54, 1.807) is 12.1 Å². The van der Waals surface area contributed by atoms with Gasteiger partial charge in [0.2, 0.25) is 5.91 Å². The van der Waals surface area contributed by atoms with Crippen LogP contribution in [0.2, 0.25) is 5.02 Å². The number of benzene rings is 2. The highest BCUT2D eigenvalue weighted by Gasteiger charge is 2.24. The van der Waals surface area contributed by atoms with Gasteiger partial charge in [-0.2, -0.15) is 0 Å². The molecule has 1 aromatic heterocycles. The van der Waals surface area contributed by atoms with Gasteiger partial charge in [-0.1, -0.05) is 22.8 Å². The van der Waals surface area contributed by atoms with Crippen molar-refractivity contribution in [3.05, 3.63) is 75.9 Å². The van der Waals surface area contributed by atoms with E-state index in [1.807, 2.05) is 25.1 Å². The number of hydrogen-bond donors (Lipinski definition) is 1. The Bertz CT molecular complexity index is 1020. The van der Waals surface area contributed by atoms with Crippen LogP contribution in [-0.2, 0) is 11.3 Å². The Morgan fingerprint density at radius 3 is 2.52 bits per heavy atom. The molecule has 0 radical (unpaired) electrons. The molecule has 0 saturated carbocycles. The summed E-state index contributed by atoms with van der Waals surface area (Å²) in [6.45, 7) is 3.60. The molecular formula is C20H17ClFN3O2. The Morgan fingerprint density at radius 2 is 1.85 bits per heavy atom. The highest BCUT2D eigenvalue weighted by molar-refractivity contribution is 6.31. The minimum Gasteiger partial charge on any atom is -0.370 e. The highest BCUT2D eigenvalue weighted by atomic mass is 35.5. The molecule has 3 aromatic rings. The molecule has 138 valence electrons. The lowest BCUT2D eigenvalue weighted by molar-refractivity contribution is -0.115. The summed E-state index contributed by atoms with van der Waals surface area (Å²) in [7, 11) is 0. The lowest BCUT2D eigenvalue weighted by Gasteiger charge is -2.11. The summed E-state index contributed by atoms with van der Waals surface area (Å²) in [5.41, 5.74) is 9.73. The van der Waals surface area contributed by atoms with Crippen LogP contribution in [-0.4, -0.2) is 16.8 Å². The average molecular weight is 386 g/mol. The predicted molar refractivity (Wildman–Crippen MR) is 102 cm³/mol. The fraction of sp³-hybridized carbons (Fsp3) is 0.150. The second-order valence-corrected chi connectivity index (χ2v) is 6.47. The summed E-state index contributed by atoms with van der Waals surface area (Å²) < 4.78 is 18.6. The van der Waals surface area contributed by atoms with Crippen molar-refractivity contribution in [2.75, 3.05) is 0 Å². The summed E-state index contributed by atoms with van der Waals surface area (Å²) in [5, 5.41) is 4.67. The van der Waals surface area contributed by atoms with Crippen LogP contribution in [0, 0.1) is 12.7 Å². The molecule has 1 amide bonds. The maximum atomic E-state index is 13.2. The predicted octanol–water partition coefficient (Wildman–Crippen LogP) is 4.29. The third-order valence-electron chi connectivity index (χ3n) is 3.94. The number of carbonyl (C=O) groups is 1. The Balaban J connectivity index is 0.000000481. The molecule has 27 heavy (non-hydrogen) atoms. The number of hydrogen-bond acceptors (Lipinski definition) is 4. The molecule has 0 bridgehead atoms. The molecule has 0 saturated heterocycles. The molecule has 0 fully saturated rings. The maximum absolute atomic E-state index is 13.2. The number of primary amides is 1. The maximum Gasteiger partial charge on any atom is 0.214 e. The van der Waals surface area contributed by atoms with Crippen LogP contribution in [0.1, 0.15) is 29.5 Å². The normalized spacial score (nSPS) is 12.1. The van der Waals surface area contributed by atoms with Crippen LogP contribution in [0.15, 0.2) is 52.0 Å². The Hall–Kier alpha value is -2.99. The summed E-state index contributed by atoms with van der Waals surface area (Å²) in [5.74, 6) is 0.115. The number of nitrogens with zero attached hydrogens (tertiary/aromatic N) is 2. The van der Waals surface area contributed by atoms with Gasteiger partial charge in [-0.25, -0.2) is 4.39 Å². The standard InChI is InChI=1S/C18H12ClFN2O.C2H5NO/c1-10-17-14-7-4-12(19)8-15(14)18(21-9-16(17)23-22-10)11-2-5-13(20)6-3-11;1-2(3)4/h2-8H,9H2,1H3;1H3,(H2,3,4). The van der Waals surface area contributed by atoms with Crippen molar-refractivity contribution in [3.8, 4) is 11.1 Å². The van der Waals surface area contributed by atoms with E-state index < -0.39 is 0 Å². The minimum absolute atomic E-state index is 0.277. The molecule has 1 aliphatic rings. The van der Waals surface area contributed by atoms with Crippen LogP contribution < -0.4 is 5.73 Å². The van der Waals surface area contributed by atoms with Crippen molar-refractivity contribution in [2.45, 2.75) is 20.4 Å². The monoisotopic (exact) mass is 385 g/mol. The zero-order valence-electron chi connectivity index (χ0n) is 14.8. The third-order valence-corrected chi connectivity index (χ3v) is 4.17. The lowest BCUT2D eigenvalue weighted by Crippen LogP contribution is -2.05. The fourth-order valence-electron chi connectivity index (χ4n) is 2.89. The zero-order chi connectivity index (χ0) is 19.6. The van der Waals surface area contributed by atoms with E-state index in [4.69, 9.17) is 16.1 Å². The van der Waals surface area contributed by atoms with Crippen LogP contribution in [0.4, 0.5) is 4.39 Å². The molecule has 0 spiro atoms. The van der Waals surface area contributed by atoms with Gasteiger partial charge in [-0.05, 0) is 48.9 Å². The smallest absolute Gasteiger partial charge is 0.214 e. The van der Waals surface area contributed by atoms with E-state index in [2.05, 4.69) is 15.9 Å². The average Bonchev–Trinajstić information content (AvgIpc) is 2.89. The highest BCUT2D eigenvalue weighted by Crippen LogP contribution is 2.36. The molecule has 0 aliphatic carbocycles. The van der Waals surface area contributed by atoms with Crippen molar-refractivity contribution in [1.82, 2.24) is 5.16 Å². The van der Waals surface area contributed by atoms with Crippen molar-refractivity contribution < 1.29 is 13.7 Å². The molecule has 2 heterocycles. The first kappa shape index (κ1) is 18.8. The van der Waals surface area contributed by atoms with Gasteiger partial charge >= 0.3 is 0 Å². The molecule has 1 aliphatic heterocycles. The number of carbonyl (C=O) groups excluding carboxylic acids is 1. The number of aromatic nitrogens is 1. The van der Waals surface area contributed by atoms with Crippen molar-refractivity contribution in [1.29, 1.82) is 0 Å². The first-order valence-electron chi connectivity index (χ1n) is 8.18. The molecule has 5 nitrogen and oxygen atoms in total. The molecule has 7 heteroatoms. The Morgan fingerprint density at radius 1 is 1.19 bits per heavy atom. The van der Waals surface area contributed by atoms with Crippen LogP contribution >= 0.6 is 11.6 Å². The molecule has 2 N–H and O–H groups in total. The second-order valence-electron chi connectivity index (χ2n) is 6.04. The third kappa shape index (κ3) is 4.06. The SMILES string of the molecule is CC(N)=O.Cc1noc2c1-c1ccc(Cl)cc1C(c1ccc(F)cc1)=NC2. The molecular weight excluding hydrogens is 369 g/mol. The van der Waals surface area contributed by atoms with Gasteiger partial charge in [0.1, 0.15) is 12.4 Å². The van der Waals surface area contributed by atoms with Gasteiger partial charge in [0.05, 0.1) is 17.0 Å². The number of aryl methyl sites for hydroxylation is 1. The van der Waals surface area contributed by atoms with E-state index in [0.29, 0.717) is 11.6 Å². The van der Waals surface area contributed by atoms with Crippen molar-refractivity contribution in [3.63, 3.8) is 0 Å². The fourth-order valence-corrected chi connectivity index (χ4v) is 3.06. The Kier molecular flexibility index (Phi) is 5.37. The molecule has 4 rings (SSSR count). The van der Waals surface area contributed by atoms with E-state index >= 15 is 0 Å². The van der Waals surface area contributed by atoms with Crippen LogP contribution in [0.25, 0.3) is 11.1 Å². The molecule has 0 unspecified atom stereocenters. The largest absolute Gasteiger partial charge is 0.370 e. The van der Waals surface area contributed by atoms with E-state index in [1.165, 1.54) is 19.1 Å². The van der Waals surface area contributed by atoms with Crippen molar-refractivity contribution in [2.24, 2.45) is 10.7 Å². The van der Waals surface area contributed by atoms with E-state index in [0.717, 1.165) is 39.4 Å². The summed E-state index contributed by atoms with van der Waals surface area (Å²) in [4.78, 5) is 13.9. The molecule has 2 aromatic carbocycles. The van der Waals surface area contributed by atoms with E-state index in [9.17, 15) is 9.18 Å². The number of halogens is 2. The van der Waals surface area contributed by atoms with Gasteiger partial charge < -0.3 is 10.3 Å². The van der Waals surface area contributed by atoms with Gasteiger partial charge in [-0.15, -0.1) is 0 Å². The van der Waals surface area contributed by atoms with Gasteiger partial charge in [0.25, 0.3) is 0 Å². The number of nitrogens with two attached hydrogens (primary N) is 1. The lowest BCUT2D eigenvalue weighted by atomic mass is 9.93. The van der Waals surface area contributed by atoms with Crippen LogP contribution in [0.5, 0.6) is 0 Å². The van der Waals surface area contributed by atoms with Crippen LogP contribution in [0.3, 0.4) is 0 Å². The summed E-state index contributed by atoms with van der Waals surface area (Å²) in [6.07, 6.45) is 0.